The van der Waals surface area contributed by atoms with Crippen LogP contribution < -0.4 is 9.46 Å². The number of sulfonamides is 1. The van der Waals surface area contributed by atoms with Crippen LogP contribution in [0, 0.1) is 6.92 Å². The molecule has 0 fully saturated rings. The second-order valence-corrected chi connectivity index (χ2v) is 7.36. The smallest absolute Gasteiger partial charge is 0.244 e. The fraction of sp³-hybridized carbons (Fsp3) is 0.222. The summed E-state index contributed by atoms with van der Waals surface area (Å²) in [6.07, 6.45) is 1.96. The second-order valence-electron chi connectivity index (χ2n) is 5.62. The van der Waals surface area contributed by atoms with Gasteiger partial charge in [0.15, 0.2) is 0 Å². The van der Waals surface area contributed by atoms with Gasteiger partial charge in [-0.05, 0) is 42.1 Å². The first kappa shape index (κ1) is 16.5. The van der Waals surface area contributed by atoms with E-state index in [-0.39, 0.29) is 4.90 Å². The third kappa shape index (κ3) is 3.29. The van der Waals surface area contributed by atoms with E-state index >= 15 is 0 Å². The molecule has 1 N–H and O–H groups in total. The lowest BCUT2D eigenvalue weighted by atomic mass is 10.2. The zero-order chi connectivity index (χ0) is 17.2. The Labute approximate surface area is 141 Å². The van der Waals surface area contributed by atoms with Crippen molar-refractivity contribution in [1.82, 2.24) is 9.29 Å². The highest BCUT2D eigenvalue weighted by Crippen LogP contribution is 2.24. The maximum atomic E-state index is 12.6. The third-order valence-electron chi connectivity index (χ3n) is 3.93. The molecule has 0 radical (unpaired) electrons. The van der Waals surface area contributed by atoms with Crippen LogP contribution in [0.15, 0.2) is 59.6 Å². The number of fused-ring (bicyclic) bond motifs is 1. The van der Waals surface area contributed by atoms with Gasteiger partial charge in [0.1, 0.15) is 10.6 Å². The minimum atomic E-state index is -3.62. The van der Waals surface area contributed by atoms with Crippen molar-refractivity contribution >= 4 is 20.9 Å². The van der Waals surface area contributed by atoms with Gasteiger partial charge in [-0.25, -0.2) is 13.1 Å². The molecule has 0 aliphatic rings. The van der Waals surface area contributed by atoms with Gasteiger partial charge in [-0.3, -0.25) is 0 Å². The Morgan fingerprint density at radius 1 is 1.12 bits per heavy atom. The van der Waals surface area contributed by atoms with Gasteiger partial charge in [-0.2, -0.15) is 0 Å². The van der Waals surface area contributed by atoms with E-state index in [1.165, 1.54) is 7.11 Å². The fourth-order valence-electron chi connectivity index (χ4n) is 2.71. The van der Waals surface area contributed by atoms with Crippen LogP contribution in [0.4, 0.5) is 0 Å². The van der Waals surface area contributed by atoms with Crippen LogP contribution in [0.1, 0.15) is 5.56 Å². The van der Waals surface area contributed by atoms with E-state index in [1.807, 2.05) is 54.1 Å². The van der Waals surface area contributed by atoms with Crippen molar-refractivity contribution in [2.75, 3.05) is 13.7 Å². The van der Waals surface area contributed by atoms with Crippen molar-refractivity contribution in [3.63, 3.8) is 0 Å². The Bertz CT molecular complexity index is 961. The van der Waals surface area contributed by atoms with Crippen LogP contribution in [0.25, 0.3) is 10.9 Å². The Kier molecular flexibility index (Phi) is 4.59. The van der Waals surface area contributed by atoms with Gasteiger partial charge < -0.3 is 9.30 Å². The molecule has 6 heteroatoms. The summed E-state index contributed by atoms with van der Waals surface area (Å²) in [5.41, 5.74) is 1.96. The first-order valence-corrected chi connectivity index (χ1v) is 9.18. The van der Waals surface area contributed by atoms with E-state index in [4.69, 9.17) is 4.74 Å². The number of rotatable bonds is 6. The van der Waals surface area contributed by atoms with Crippen molar-refractivity contribution in [3.05, 3.63) is 60.3 Å². The number of methoxy groups -OCH3 is 1. The lowest BCUT2D eigenvalue weighted by Crippen LogP contribution is -2.27. The molecule has 3 aromatic rings. The van der Waals surface area contributed by atoms with E-state index < -0.39 is 10.0 Å². The third-order valence-corrected chi connectivity index (χ3v) is 5.42. The molecule has 0 atom stereocenters. The van der Waals surface area contributed by atoms with Gasteiger partial charge in [0.05, 0.1) is 7.11 Å². The Balaban J connectivity index is 1.75. The molecule has 1 aromatic heterocycles. The molecule has 126 valence electrons. The summed E-state index contributed by atoms with van der Waals surface area (Å²) in [5, 5.41) is 1.14. The topological polar surface area (TPSA) is 60.3 Å². The van der Waals surface area contributed by atoms with Crippen molar-refractivity contribution in [3.8, 4) is 5.75 Å². The number of hydrogen-bond acceptors (Lipinski definition) is 3. The van der Waals surface area contributed by atoms with Crippen LogP contribution in [-0.4, -0.2) is 26.6 Å². The molecule has 1 heterocycles. The van der Waals surface area contributed by atoms with Gasteiger partial charge in [0.2, 0.25) is 10.0 Å². The average molecular weight is 344 g/mol. The van der Waals surface area contributed by atoms with Crippen LogP contribution in [0.5, 0.6) is 5.75 Å². The van der Waals surface area contributed by atoms with E-state index in [0.717, 1.165) is 16.5 Å². The van der Waals surface area contributed by atoms with Crippen LogP contribution in [0.2, 0.25) is 0 Å². The van der Waals surface area contributed by atoms with E-state index in [1.54, 1.807) is 12.1 Å². The zero-order valence-electron chi connectivity index (χ0n) is 13.7. The van der Waals surface area contributed by atoms with Crippen LogP contribution >= 0.6 is 0 Å². The number of nitrogens with zero attached hydrogens (tertiary/aromatic N) is 1. The quantitative estimate of drug-likeness (QED) is 0.748. The molecule has 0 bridgehead atoms. The van der Waals surface area contributed by atoms with Crippen molar-refractivity contribution in [1.29, 1.82) is 0 Å². The number of ether oxygens (including phenoxy) is 1. The molecule has 0 saturated heterocycles. The highest BCUT2D eigenvalue weighted by molar-refractivity contribution is 7.89. The molecule has 5 nitrogen and oxygen atoms in total. The first-order chi connectivity index (χ1) is 11.5. The summed E-state index contributed by atoms with van der Waals surface area (Å²) in [7, 11) is -2.15. The molecule has 3 rings (SSSR count). The highest BCUT2D eigenvalue weighted by Gasteiger charge is 2.19. The number of nitrogens with one attached hydrogen (secondary N) is 1. The normalized spacial score (nSPS) is 11.8. The van der Waals surface area contributed by atoms with E-state index in [0.29, 0.717) is 18.8 Å². The van der Waals surface area contributed by atoms with Gasteiger partial charge in [0, 0.05) is 24.8 Å². The van der Waals surface area contributed by atoms with E-state index in [9.17, 15) is 8.42 Å². The molecular weight excluding hydrogens is 324 g/mol. The minimum Gasteiger partial charge on any atom is -0.495 e. The van der Waals surface area contributed by atoms with Crippen molar-refractivity contribution < 1.29 is 13.2 Å². The number of benzene rings is 2. The second kappa shape index (κ2) is 6.67. The standard InChI is InChI=1S/C18H20N2O3S/c1-14-7-8-17(23-2)18(13-14)24(21,22)19-10-12-20-11-9-15-5-3-4-6-16(15)20/h3-9,11,13,19H,10,12H2,1-2H3. The molecule has 0 spiro atoms. The van der Waals surface area contributed by atoms with Crippen molar-refractivity contribution in [2.45, 2.75) is 18.4 Å². The molecular formula is C18H20N2O3S. The van der Waals surface area contributed by atoms with Gasteiger partial charge >= 0.3 is 0 Å². The van der Waals surface area contributed by atoms with E-state index in [2.05, 4.69) is 4.72 Å². The first-order valence-electron chi connectivity index (χ1n) is 7.69. The molecule has 2 aromatic carbocycles. The monoisotopic (exact) mass is 344 g/mol. The largest absolute Gasteiger partial charge is 0.495 e. The predicted octanol–water partition coefficient (Wildman–Crippen LogP) is 2.94. The maximum Gasteiger partial charge on any atom is 0.244 e. The summed E-state index contributed by atoms with van der Waals surface area (Å²) < 4.78 is 35.0. The highest BCUT2D eigenvalue weighted by atomic mass is 32.2. The molecule has 24 heavy (non-hydrogen) atoms. The number of para-hydroxylation sites is 1. The lowest BCUT2D eigenvalue weighted by Gasteiger charge is -2.12. The van der Waals surface area contributed by atoms with Gasteiger partial charge in [-0.15, -0.1) is 0 Å². The Morgan fingerprint density at radius 2 is 1.92 bits per heavy atom. The van der Waals surface area contributed by atoms with Crippen LogP contribution in [-0.2, 0) is 16.6 Å². The average Bonchev–Trinajstić information content (AvgIpc) is 2.98. The molecule has 0 aliphatic carbocycles. The van der Waals surface area contributed by atoms with Gasteiger partial charge in [-0.1, -0.05) is 24.3 Å². The summed E-state index contributed by atoms with van der Waals surface area (Å²) in [6, 6.07) is 15.1. The maximum absolute atomic E-state index is 12.6. The van der Waals surface area contributed by atoms with Gasteiger partial charge in [0.25, 0.3) is 0 Å². The zero-order valence-corrected chi connectivity index (χ0v) is 14.5. The fourth-order valence-corrected chi connectivity index (χ4v) is 3.98. The lowest BCUT2D eigenvalue weighted by molar-refractivity contribution is 0.402. The minimum absolute atomic E-state index is 0.169. The molecule has 0 unspecified atom stereocenters. The summed E-state index contributed by atoms with van der Waals surface area (Å²) in [6.45, 7) is 2.71. The predicted molar refractivity (Wildman–Crippen MR) is 94.9 cm³/mol. The Morgan fingerprint density at radius 3 is 2.71 bits per heavy atom. The number of aryl methyl sites for hydroxylation is 1. The summed E-state index contributed by atoms with van der Waals surface area (Å²) in [5.74, 6) is 0.347. The number of aromatic nitrogens is 1. The number of hydrogen-bond donors (Lipinski definition) is 1. The molecule has 0 saturated carbocycles. The summed E-state index contributed by atoms with van der Waals surface area (Å²) >= 11 is 0. The molecule has 0 aliphatic heterocycles. The molecule has 0 amide bonds. The SMILES string of the molecule is COc1ccc(C)cc1S(=O)(=O)NCCn1ccc2ccccc21. The van der Waals surface area contributed by atoms with Crippen LogP contribution in [0.3, 0.4) is 0 Å². The Hall–Kier alpha value is -2.31. The van der Waals surface area contributed by atoms with Crippen molar-refractivity contribution in [2.24, 2.45) is 0 Å². The summed E-state index contributed by atoms with van der Waals surface area (Å²) in [4.78, 5) is 0.169.